The number of fused-ring (bicyclic) bond motifs is 1. The summed E-state index contributed by atoms with van der Waals surface area (Å²) in [4.78, 5) is 12.1. The van der Waals surface area contributed by atoms with Crippen molar-refractivity contribution in [2.45, 2.75) is 20.0 Å². The normalized spacial score (nSPS) is 11.0. The van der Waals surface area contributed by atoms with Gasteiger partial charge in [-0.1, -0.05) is 24.3 Å². The van der Waals surface area contributed by atoms with E-state index in [2.05, 4.69) is 51.4 Å². The lowest BCUT2D eigenvalue weighted by molar-refractivity contribution is 0.806. The van der Waals surface area contributed by atoms with Crippen LogP contribution in [0.15, 0.2) is 42.0 Å². The van der Waals surface area contributed by atoms with Crippen molar-refractivity contribution in [2.24, 2.45) is 5.73 Å². The largest absolute Gasteiger partial charge is 0.352 e. The Morgan fingerprint density at radius 1 is 1.14 bits per heavy atom. The number of rotatable bonds is 5. The molecule has 2 N–H and O–H groups in total. The van der Waals surface area contributed by atoms with Crippen LogP contribution in [0.4, 0.5) is 5.82 Å². The Kier molecular flexibility index (Phi) is 4.13. The van der Waals surface area contributed by atoms with Gasteiger partial charge in [-0.15, -0.1) is 11.3 Å². The van der Waals surface area contributed by atoms with Gasteiger partial charge in [0.15, 0.2) is 0 Å². The van der Waals surface area contributed by atoms with E-state index in [0.717, 1.165) is 29.1 Å². The summed E-state index contributed by atoms with van der Waals surface area (Å²) < 4.78 is 0. The van der Waals surface area contributed by atoms with Gasteiger partial charge >= 0.3 is 0 Å². The smallest absolute Gasteiger partial charge is 0.141 e. The fourth-order valence-corrected chi connectivity index (χ4v) is 3.21. The molecule has 3 rings (SSSR count). The Morgan fingerprint density at radius 2 is 1.95 bits per heavy atom. The first-order valence-electron chi connectivity index (χ1n) is 7.03. The zero-order chi connectivity index (χ0) is 14.7. The summed E-state index contributed by atoms with van der Waals surface area (Å²) in [6, 6.07) is 10.4. The molecule has 4 nitrogen and oxygen atoms in total. The first kappa shape index (κ1) is 14.0. The minimum Gasteiger partial charge on any atom is -0.352 e. The molecular weight excluding hydrogens is 280 g/mol. The molecule has 0 bridgehead atoms. The van der Waals surface area contributed by atoms with Crippen molar-refractivity contribution < 1.29 is 0 Å². The molecule has 0 spiro atoms. The minimum absolute atomic E-state index is 0.561. The molecule has 0 fully saturated rings. The number of benzene rings is 1. The summed E-state index contributed by atoms with van der Waals surface area (Å²) in [5.41, 5.74) is 8.28. The van der Waals surface area contributed by atoms with Crippen LogP contribution in [-0.2, 0) is 13.1 Å². The predicted octanol–water partition coefficient (Wildman–Crippen LogP) is 3.18. The summed E-state index contributed by atoms with van der Waals surface area (Å²) >= 11 is 1.65. The number of hydrogen-bond donors (Lipinski definition) is 1. The Balaban J connectivity index is 1.97. The zero-order valence-electron chi connectivity index (χ0n) is 12.0. The summed E-state index contributed by atoms with van der Waals surface area (Å²) in [7, 11) is 0. The molecule has 0 saturated heterocycles. The van der Waals surface area contributed by atoms with E-state index in [9.17, 15) is 0 Å². The van der Waals surface area contributed by atoms with Crippen molar-refractivity contribution in [2.75, 3.05) is 11.4 Å². The predicted molar refractivity (Wildman–Crippen MR) is 88.5 cm³/mol. The summed E-state index contributed by atoms with van der Waals surface area (Å²) in [5, 5.41) is 3.18. The standard InChI is InChI=1S/C16H18N4S/c1-2-20(10-13-6-4-3-5-12(13)9-17)15-14-7-8-21-16(14)19-11-18-15/h3-8,11H,2,9-10,17H2,1H3. The van der Waals surface area contributed by atoms with Crippen LogP contribution in [0, 0.1) is 0 Å². The first-order chi connectivity index (χ1) is 10.3. The lowest BCUT2D eigenvalue weighted by Crippen LogP contribution is -2.24. The van der Waals surface area contributed by atoms with Crippen molar-refractivity contribution >= 4 is 27.4 Å². The molecule has 0 radical (unpaired) electrons. The molecule has 0 amide bonds. The highest BCUT2D eigenvalue weighted by atomic mass is 32.1. The number of anilines is 1. The maximum Gasteiger partial charge on any atom is 0.141 e. The van der Waals surface area contributed by atoms with E-state index in [1.165, 1.54) is 11.1 Å². The van der Waals surface area contributed by atoms with Gasteiger partial charge < -0.3 is 10.6 Å². The topological polar surface area (TPSA) is 55.0 Å². The van der Waals surface area contributed by atoms with Crippen molar-refractivity contribution in [3.05, 3.63) is 53.2 Å². The number of hydrogen-bond acceptors (Lipinski definition) is 5. The Morgan fingerprint density at radius 3 is 2.71 bits per heavy atom. The van der Waals surface area contributed by atoms with Gasteiger partial charge in [0.05, 0.1) is 5.39 Å². The Bertz CT molecular complexity index is 738. The molecule has 5 heteroatoms. The van der Waals surface area contributed by atoms with Crippen molar-refractivity contribution in [3.8, 4) is 0 Å². The molecule has 0 aliphatic rings. The van der Waals surface area contributed by atoms with Gasteiger partial charge in [-0.05, 0) is 29.5 Å². The molecule has 0 unspecified atom stereocenters. The summed E-state index contributed by atoms with van der Waals surface area (Å²) in [6.07, 6.45) is 1.64. The number of nitrogens with two attached hydrogens (primary N) is 1. The summed E-state index contributed by atoms with van der Waals surface area (Å²) in [6.45, 7) is 4.41. The Hall–Kier alpha value is -1.98. The van der Waals surface area contributed by atoms with Crippen LogP contribution < -0.4 is 10.6 Å². The van der Waals surface area contributed by atoms with Crippen LogP contribution in [0.25, 0.3) is 10.2 Å². The van der Waals surface area contributed by atoms with E-state index in [4.69, 9.17) is 5.73 Å². The zero-order valence-corrected chi connectivity index (χ0v) is 12.8. The molecule has 1 aromatic carbocycles. The van der Waals surface area contributed by atoms with E-state index >= 15 is 0 Å². The van der Waals surface area contributed by atoms with E-state index in [-0.39, 0.29) is 0 Å². The Labute approximate surface area is 128 Å². The second kappa shape index (κ2) is 6.20. The van der Waals surface area contributed by atoms with Gasteiger partial charge in [-0.25, -0.2) is 9.97 Å². The van der Waals surface area contributed by atoms with Crippen LogP contribution in [0.5, 0.6) is 0 Å². The highest BCUT2D eigenvalue weighted by molar-refractivity contribution is 7.16. The molecule has 0 aliphatic carbocycles. The SMILES string of the molecule is CCN(Cc1ccccc1CN)c1ncnc2sccc12. The van der Waals surface area contributed by atoms with Crippen LogP contribution in [0.3, 0.4) is 0 Å². The molecule has 108 valence electrons. The van der Waals surface area contributed by atoms with Crippen LogP contribution >= 0.6 is 11.3 Å². The number of nitrogens with zero attached hydrogens (tertiary/aromatic N) is 3. The molecular formula is C16H18N4S. The molecule has 3 aromatic rings. The second-order valence-corrected chi connectivity index (χ2v) is 5.72. The molecule has 0 saturated carbocycles. The van der Waals surface area contributed by atoms with E-state index in [0.29, 0.717) is 6.54 Å². The van der Waals surface area contributed by atoms with Gasteiger partial charge in [0.25, 0.3) is 0 Å². The van der Waals surface area contributed by atoms with Crippen LogP contribution in [0.2, 0.25) is 0 Å². The molecule has 2 heterocycles. The number of aromatic nitrogens is 2. The van der Waals surface area contributed by atoms with Crippen LogP contribution in [-0.4, -0.2) is 16.5 Å². The summed E-state index contributed by atoms with van der Waals surface area (Å²) in [5.74, 6) is 0.996. The minimum atomic E-state index is 0.561. The van der Waals surface area contributed by atoms with E-state index in [1.54, 1.807) is 17.7 Å². The van der Waals surface area contributed by atoms with Crippen molar-refractivity contribution in [1.82, 2.24) is 9.97 Å². The third-order valence-electron chi connectivity index (χ3n) is 3.62. The van der Waals surface area contributed by atoms with Gasteiger partial charge in [-0.2, -0.15) is 0 Å². The quantitative estimate of drug-likeness (QED) is 0.786. The number of thiophene rings is 1. The third kappa shape index (κ3) is 2.75. The van der Waals surface area contributed by atoms with Gasteiger partial charge in [0.2, 0.25) is 0 Å². The molecule has 21 heavy (non-hydrogen) atoms. The highest BCUT2D eigenvalue weighted by Crippen LogP contribution is 2.28. The first-order valence-corrected chi connectivity index (χ1v) is 7.91. The average molecular weight is 298 g/mol. The van der Waals surface area contributed by atoms with Gasteiger partial charge in [0, 0.05) is 19.6 Å². The van der Waals surface area contributed by atoms with Crippen LogP contribution in [0.1, 0.15) is 18.1 Å². The molecule has 0 atom stereocenters. The lowest BCUT2D eigenvalue weighted by atomic mass is 10.1. The average Bonchev–Trinajstić information content (AvgIpc) is 3.01. The fraction of sp³-hybridized carbons (Fsp3) is 0.250. The van der Waals surface area contributed by atoms with Crippen molar-refractivity contribution in [3.63, 3.8) is 0 Å². The fourth-order valence-electron chi connectivity index (χ4n) is 2.48. The monoisotopic (exact) mass is 298 g/mol. The highest BCUT2D eigenvalue weighted by Gasteiger charge is 2.13. The molecule has 0 aliphatic heterocycles. The maximum atomic E-state index is 5.84. The van der Waals surface area contributed by atoms with E-state index < -0.39 is 0 Å². The van der Waals surface area contributed by atoms with E-state index in [1.807, 2.05) is 6.07 Å². The van der Waals surface area contributed by atoms with Crippen molar-refractivity contribution in [1.29, 1.82) is 0 Å². The van der Waals surface area contributed by atoms with Gasteiger partial charge in [0.1, 0.15) is 17.0 Å². The lowest BCUT2D eigenvalue weighted by Gasteiger charge is -2.23. The molecule has 2 aromatic heterocycles. The second-order valence-electron chi connectivity index (χ2n) is 4.82. The maximum absolute atomic E-state index is 5.84. The third-order valence-corrected chi connectivity index (χ3v) is 4.44. The van der Waals surface area contributed by atoms with Gasteiger partial charge in [-0.3, -0.25) is 0 Å².